The first kappa shape index (κ1) is 36.5. The van der Waals surface area contributed by atoms with Crippen molar-refractivity contribution in [2.75, 3.05) is 23.7 Å². The highest BCUT2D eigenvalue weighted by atomic mass is 79.9. The van der Waals surface area contributed by atoms with Gasteiger partial charge in [0.05, 0.1) is 34.8 Å². The van der Waals surface area contributed by atoms with Crippen LogP contribution in [0.25, 0.3) is 20.9 Å². The number of aromatic nitrogens is 2. The van der Waals surface area contributed by atoms with Gasteiger partial charge in [-0.2, -0.15) is 4.31 Å². The Bertz CT molecular complexity index is 1990. The average Bonchev–Trinajstić information content (AvgIpc) is 3.72. The summed E-state index contributed by atoms with van der Waals surface area (Å²) >= 11 is 11.5. The smallest absolute Gasteiger partial charge is 0.270 e. The molecule has 244 valence electrons. The number of β-amino-alcohol motifs (C(OH)–C–C–N with tert-alkyl or cyclic N) is 1. The van der Waals surface area contributed by atoms with Crippen LogP contribution in [0.5, 0.6) is 0 Å². The molecule has 0 aliphatic carbocycles. The van der Waals surface area contributed by atoms with Crippen LogP contribution in [0.15, 0.2) is 28.1 Å². The molecule has 21 heteroatoms. The molecule has 0 saturated carbocycles. The number of nitrogens with one attached hydrogen (secondary N) is 2. The van der Waals surface area contributed by atoms with Crippen LogP contribution in [0.4, 0.5) is 10.3 Å². The number of halogens is 3. The number of aliphatic hydroxyl groups excluding tert-OH is 1. The lowest BCUT2D eigenvalue weighted by Crippen LogP contribution is -2.29. The highest BCUT2D eigenvalue weighted by Crippen LogP contribution is 2.45. The number of thiazole rings is 2. The molecule has 4 aromatic heterocycles. The summed E-state index contributed by atoms with van der Waals surface area (Å²) in [5.41, 5.74) is 2.85. The zero-order valence-corrected chi connectivity index (χ0v) is 32.5. The third-order valence-corrected chi connectivity index (χ3v) is 16.2. The lowest BCUT2D eigenvalue weighted by Gasteiger charge is -2.13. The van der Waals surface area contributed by atoms with Crippen LogP contribution in [-0.4, -0.2) is 67.2 Å². The van der Waals surface area contributed by atoms with Gasteiger partial charge in [0.25, 0.3) is 19.1 Å². The summed E-state index contributed by atoms with van der Waals surface area (Å²) in [6, 6.07) is 3.11. The van der Waals surface area contributed by atoms with E-state index in [-0.39, 0.29) is 26.8 Å². The fraction of sp³-hybridized carbons (Fsp3) is 0.333. The summed E-state index contributed by atoms with van der Waals surface area (Å²) in [5.74, 6) is -0.417. The van der Waals surface area contributed by atoms with Crippen molar-refractivity contribution in [1.82, 2.24) is 14.3 Å². The van der Waals surface area contributed by atoms with E-state index in [1.54, 1.807) is 13.0 Å². The maximum Gasteiger partial charge on any atom is 0.270 e. The van der Waals surface area contributed by atoms with E-state index in [9.17, 15) is 31.5 Å². The Kier molecular flexibility index (Phi) is 11.7. The summed E-state index contributed by atoms with van der Waals surface area (Å²) in [6.07, 6.45) is -0.159. The topological polar surface area (TPSA) is 176 Å². The van der Waals surface area contributed by atoms with Gasteiger partial charge in [0.15, 0.2) is 10.3 Å². The summed E-state index contributed by atoms with van der Waals surface area (Å²) in [6.45, 7) is 6.85. The quantitative estimate of drug-likeness (QED) is 0.176. The van der Waals surface area contributed by atoms with Crippen LogP contribution < -0.4 is 10.6 Å². The van der Waals surface area contributed by atoms with Gasteiger partial charge in [0, 0.05) is 48.7 Å². The minimum atomic E-state index is -3.76. The number of hydrogen-bond acceptors (Lipinski definition) is 13. The van der Waals surface area contributed by atoms with Crippen LogP contribution in [0, 0.1) is 13.8 Å². The third kappa shape index (κ3) is 8.78. The average molecular weight is 882 g/mol. The maximum absolute atomic E-state index is 12.7. The van der Waals surface area contributed by atoms with Crippen LogP contribution >= 0.6 is 87.9 Å². The third-order valence-electron chi connectivity index (χ3n) is 5.94. The fourth-order valence-electron chi connectivity index (χ4n) is 4.01. The molecule has 5 heterocycles. The minimum absolute atomic E-state index is 0.0647. The van der Waals surface area contributed by atoms with Crippen molar-refractivity contribution in [2.24, 2.45) is 0 Å². The van der Waals surface area contributed by atoms with Crippen LogP contribution in [0.3, 0.4) is 0 Å². The van der Waals surface area contributed by atoms with Gasteiger partial charge < -0.3 is 15.7 Å². The van der Waals surface area contributed by atoms with Gasteiger partial charge in [0.2, 0.25) is 11.8 Å². The SMILES string of the molecule is CC(=O)Nc1nc(C)c(-c2cc(S(=O)(=O)Cl)sc2Br)s1.CC(=O)Nc1nc(C)c(-c2cc(S(=O)(=O)N3CCC(O)C3)sc2Br)s1. The molecule has 5 rings (SSSR count). The number of thiophene rings is 2. The van der Waals surface area contributed by atoms with Crippen molar-refractivity contribution < 1.29 is 31.5 Å². The number of amides is 2. The molecule has 12 nitrogen and oxygen atoms in total. The van der Waals surface area contributed by atoms with Gasteiger partial charge in [-0.25, -0.2) is 26.8 Å². The number of rotatable bonds is 7. The molecule has 1 aliphatic rings. The monoisotopic (exact) mass is 879 g/mol. The molecule has 1 saturated heterocycles. The Morgan fingerprint density at radius 3 is 1.71 bits per heavy atom. The first-order chi connectivity index (χ1) is 20.9. The van der Waals surface area contributed by atoms with Crippen LogP contribution in [-0.2, 0) is 28.7 Å². The molecule has 0 spiro atoms. The molecular weight excluding hydrogens is 858 g/mol. The van der Waals surface area contributed by atoms with Crippen LogP contribution in [0.1, 0.15) is 31.7 Å². The van der Waals surface area contributed by atoms with Gasteiger partial charge >= 0.3 is 0 Å². The molecule has 0 radical (unpaired) electrons. The van der Waals surface area contributed by atoms with E-state index in [4.69, 9.17) is 10.7 Å². The molecular formula is C24H24Br2ClN5O7S6. The van der Waals surface area contributed by atoms with Gasteiger partial charge in [-0.3, -0.25) is 9.59 Å². The Morgan fingerprint density at radius 2 is 1.33 bits per heavy atom. The first-order valence-corrected chi connectivity index (χ1v) is 21.2. The highest BCUT2D eigenvalue weighted by Gasteiger charge is 2.34. The van der Waals surface area contributed by atoms with Crippen molar-refractivity contribution in [2.45, 2.75) is 48.6 Å². The number of carbonyl (C=O) groups excluding carboxylic acids is 2. The van der Waals surface area contributed by atoms with Gasteiger partial charge in [0.1, 0.15) is 8.42 Å². The predicted octanol–water partition coefficient (Wildman–Crippen LogP) is 6.48. The summed E-state index contributed by atoms with van der Waals surface area (Å²) in [5, 5.41) is 15.8. The van der Waals surface area contributed by atoms with Crippen molar-refractivity contribution in [3.8, 4) is 20.9 Å². The second-order valence-corrected chi connectivity index (χ2v) is 21.2. The normalized spacial score (nSPS) is 15.5. The van der Waals surface area contributed by atoms with Crippen molar-refractivity contribution in [1.29, 1.82) is 0 Å². The summed E-state index contributed by atoms with van der Waals surface area (Å²) in [7, 11) is -2.05. The highest BCUT2D eigenvalue weighted by molar-refractivity contribution is 9.11. The summed E-state index contributed by atoms with van der Waals surface area (Å²) < 4.78 is 51.1. The van der Waals surface area contributed by atoms with E-state index in [1.807, 2.05) is 6.92 Å². The Hall–Kier alpha value is -1.33. The van der Waals surface area contributed by atoms with Crippen molar-refractivity contribution >= 4 is 129 Å². The van der Waals surface area contributed by atoms with E-state index < -0.39 is 25.2 Å². The van der Waals surface area contributed by atoms with Gasteiger partial charge in [-0.05, 0) is 64.3 Å². The van der Waals surface area contributed by atoms with E-state index in [1.165, 1.54) is 46.9 Å². The standard InChI is InChI=1S/C14H16BrN3O4S3.C10H8BrClN2O3S3/c1-7-12(24-14(16-7)17-8(2)19)10-5-11(23-13(10)15)25(21,22)18-4-3-9(20)6-18;1-4-8(19-10(13-4)14-5(2)15)6-3-7(18-9(6)11)20(12,16)17/h5,9,20H,3-4,6H2,1-2H3,(H,16,17,19);3H,1-2H3,(H,13,14,15). The first-order valence-electron chi connectivity index (χ1n) is 12.6. The maximum atomic E-state index is 12.7. The van der Waals surface area contributed by atoms with E-state index in [0.717, 1.165) is 38.0 Å². The summed E-state index contributed by atoms with van der Waals surface area (Å²) in [4.78, 5) is 32.3. The Morgan fingerprint density at radius 1 is 0.889 bits per heavy atom. The number of sulfonamides is 1. The number of nitrogens with zero attached hydrogens (tertiary/aromatic N) is 3. The number of hydrogen-bond donors (Lipinski definition) is 3. The number of anilines is 2. The lowest BCUT2D eigenvalue weighted by atomic mass is 10.2. The molecule has 0 aromatic carbocycles. The minimum Gasteiger partial charge on any atom is -0.392 e. The molecule has 1 atom stereocenters. The van der Waals surface area contributed by atoms with Crippen LogP contribution in [0.2, 0.25) is 0 Å². The number of aliphatic hydroxyl groups is 1. The van der Waals surface area contributed by atoms with E-state index in [2.05, 4.69) is 52.5 Å². The lowest BCUT2D eigenvalue weighted by molar-refractivity contribution is -0.115. The fourth-order valence-corrected chi connectivity index (χ4v) is 13.6. The zero-order chi connectivity index (χ0) is 33.4. The predicted molar refractivity (Wildman–Crippen MR) is 187 cm³/mol. The molecule has 0 bridgehead atoms. The van der Waals surface area contributed by atoms with Crippen molar-refractivity contribution in [3.05, 3.63) is 31.1 Å². The zero-order valence-electron chi connectivity index (χ0n) is 23.7. The second-order valence-electron chi connectivity index (χ2n) is 9.48. The largest absolute Gasteiger partial charge is 0.392 e. The number of aryl methyl sites for hydroxylation is 2. The van der Waals surface area contributed by atoms with Crippen molar-refractivity contribution in [3.63, 3.8) is 0 Å². The second kappa shape index (κ2) is 14.4. The molecule has 2 amide bonds. The molecule has 3 N–H and O–H groups in total. The van der Waals surface area contributed by atoms with Gasteiger partial charge in [-0.15, -0.1) is 22.7 Å². The molecule has 1 aliphatic heterocycles. The Balaban J connectivity index is 0.000000210. The van der Waals surface area contributed by atoms with E-state index in [0.29, 0.717) is 47.8 Å². The molecule has 45 heavy (non-hydrogen) atoms. The van der Waals surface area contributed by atoms with Gasteiger partial charge in [-0.1, -0.05) is 22.7 Å². The molecule has 1 fully saturated rings. The molecule has 4 aromatic rings. The van der Waals surface area contributed by atoms with E-state index >= 15 is 0 Å². The Labute approximate surface area is 296 Å². The molecule has 1 unspecified atom stereocenters. The number of carbonyl (C=O) groups is 2.